The number of nitriles is 1. The molecule has 2 aromatic rings. The minimum Gasteiger partial charge on any atom is -0.482 e. The topological polar surface area (TPSA) is 88.4 Å². The molecule has 1 amide bonds. The molecule has 0 saturated carbocycles. The molecule has 0 bridgehead atoms. The van der Waals surface area contributed by atoms with Crippen LogP contribution in [-0.4, -0.2) is 25.0 Å². The lowest BCUT2D eigenvalue weighted by atomic mass is 9.98. The Kier molecular flexibility index (Phi) is 9.49. The highest BCUT2D eigenvalue weighted by atomic mass is 16.6. The molecule has 0 heterocycles. The number of benzene rings is 2. The van der Waals surface area contributed by atoms with E-state index in [1.807, 2.05) is 38.1 Å². The fourth-order valence-corrected chi connectivity index (χ4v) is 3.11. The van der Waals surface area contributed by atoms with E-state index in [0.717, 1.165) is 18.4 Å². The van der Waals surface area contributed by atoms with Crippen molar-refractivity contribution in [2.75, 3.05) is 13.2 Å². The summed E-state index contributed by atoms with van der Waals surface area (Å²) in [6, 6.07) is 14.2. The Morgan fingerprint density at radius 1 is 1.12 bits per heavy atom. The maximum absolute atomic E-state index is 12.1. The normalized spacial score (nSPS) is 11.1. The minimum absolute atomic E-state index is 0.0260. The molecule has 0 spiro atoms. The summed E-state index contributed by atoms with van der Waals surface area (Å²) in [7, 11) is 0. The molecule has 0 saturated heterocycles. The van der Waals surface area contributed by atoms with Gasteiger partial charge in [0.2, 0.25) is 0 Å². The molecule has 0 aromatic heterocycles. The molecule has 2 rings (SSSR count). The second-order valence-electron chi connectivity index (χ2n) is 7.78. The third-order valence-corrected chi connectivity index (χ3v) is 4.82. The van der Waals surface area contributed by atoms with Crippen molar-refractivity contribution in [3.8, 4) is 17.6 Å². The Bertz CT molecular complexity index is 1000. The predicted molar refractivity (Wildman–Crippen MR) is 124 cm³/mol. The van der Waals surface area contributed by atoms with E-state index < -0.39 is 11.9 Å². The minimum atomic E-state index is -0.521. The highest BCUT2D eigenvalue weighted by molar-refractivity contribution is 6.01. The van der Waals surface area contributed by atoms with E-state index in [1.165, 1.54) is 11.6 Å². The Balaban J connectivity index is 1.91. The molecule has 32 heavy (non-hydrogen) atoms. The zero-order valence-corrected chi connectivity index (χ0v) is 19.1. The number of hydrogen-bond donors (Lipinski definition) is 1. The number of nitrogens with one attached hydrogen (secondary N) is 1. The van der Waals surface area contributed by atoms with Crippen LogP contribution in [0.2, 0.25) is 0 Å². The van der Waals surface area contributed by atoms with Crippen LogP contribution in [0.3, 0.4) is 0 Å². The van der Waals surface area contributed by atoms with Crippen LogP contribution >= 0.6 is 0 Å². The number of carbonyl (C=O) groups excluding carboxylic acids is 2. The number of nitrogens with zero attached hydrogens (tertiary/aromatic N) is 1. The lowest BCUT2D eigenvalue weighted by Crippen LogP contribution is -2.25. The number of unbranched alkanes of at least 4 members (excludes halogenated alkanes) is 1. The molecule has 0 aliphatic carbocycles. The van der Waals surface area contributed by atoms with E-state index in [-0.39, 0.29) is 12.2 Å². The van der Waals surface area contributed by atoms with Gasteiger partial charge in [-0.15, -0.1) is 0 Å². The first kappa shape index (κ1) is 24.7. The summed E-state index contributed by atoms with van der Waals surface area (Å²) in [5.74, 6) is 0.474. The number of rotatable bonds is 10. The van der Waals surface area contributed by atoms with Crippen molar-refractivity contribution < 1.29 is 19.1 Å². The Hall–Kier alpha value is -3.59. The van der Waals surface area contributed by atoms with Crippen molar-refractivity contribution in [3.05, 3.63) is 64.7 Å². The van der Waals surface area contributed by atoms with E-state index in [1.54, 1.807) is 24.3 Å². The van der Waals surface area contributed by atoms with Gasteiger partial charge in [0.1, 0.15) is 23.1 Å². The molecule has 2 aromatic carbocycles. The van der Waals surface area contributed by atoms with E-state index >= 15 is 0 Å². The van der Waals surface area contributed by atoms with Crippen LogP contribution in [0.1, 0.15) is 56.2 Å². The molecule has 0 unspecified atom stereocenters. The van der Waals surface area contributed by atoms with Gasteiger partial charge in [-0.3, -0.25) is 4.79 Å². The van der Waals surface area contributed by atoms with Crippen molar-refractivity contribution in [1.82, 2.24) is 5.32 Å². The van der Waals surface area contributed by atoms with Gasteiger partial charge in [-0.1, -0.05) is 45.4 Å². The van der Waals surface area contributed by atoms with Crippen LogP contribution in [-0.2, 0) is 9.59 Å². The van der Waals surface area contributed by atoms with E-state index in [4.69, 9.17) is 9.47 Å². The molecule has 0 radical (unpaired) electrons. The average Bonchev–Trinajstić information content (AvgIpc) is 2.77. The predicted octanol–water partition coefficient (Wildman–Crippen LogP) is 4.93. The van der Waals surface area contributed by atoms with Gasteiger partial charge in [-0.25, -0.2) is 4.79 Å². The molecule has 6 heteroatoms. The largest absolute Gasteiger partial charge is 0.482 e. The first-order valence-corrected chi connectivity index (χ1v) is 10.8. The molecule has 6 nitrogen and oxygen atoms in total. The van der Waals surface area contributed by atoms with Crippen molar-refractivity contribution in [3.63, 3.8) is 0 Å². The quantitative estimate of drug-likeness (QED) is 0.188. The van der Waals surface area contributed by atoms with Gasteiger partial charge < -0.3 is 14.8 Å². The molecule has 0 aliphatic rings. The lowest BCUT2D eigenvalue weighted by Gasteiger charge is -2.12. The van der Waals surface area contributed by atoms with E-state index in [9.17, 15) is 14.9 Å². The zero-order chi connectivity index (χ0) is 23.5. The third-order valence-electron chi connectivity index (χ3n) is 4.82. The number of amides is 1. The summed E-state index contributed by atoms with van der Waals surface area (Å²) in [5, 5.41) is 12.0. The first-order chi connectivity index (χ1) is 15.3. The van der Waals surface area contributed by atoms with Crippen LogP contribution in [0.5, 0.6) is 11.5 Å². The van der Waals surface area contributed by atoms with Gasteiger partial charge in [0.25, 0.3) is 5.91 Å². The number of ether oxygens (including phenoxy) is 2. The number of esters is 1. The second-order valence-corrected chi connectivity index (χ2v) is 7.78. The summed E-state index contributed by atoms with van der Waals surface area (Å²) in [6.07, 6.45) is 3.32. The molecular weight excluding hydrogens is 404 g/mol. The molecule has 0 aliphatic heterocycles. The highest BCUT2D eigenvalue weighted by Gasteiger charge is 2.10. The average molecular weight is 435 g/mol. The van der Waals surface area contributed by atoms with Crippen LogP contribution in [0.4, 0.5) is 0 Å². The Labute approximate surface area is 189 Å². The van der Waals surface area contributed by atoms with E-state index in [0.29, 0.717) is 29.5 Å². The molecular formula is C26H30N2O4. The number of carbonyl (C=O) groups is 2. The van der Waals surface area contributed by atoms with Gasteiger partial charge in [0.05, 0.1) is 0 Å². The zero-order valence-electron chi connectivity index (χ0n) is 19.1. The lowest BCUT2D eigenvalue weighted by molar-refractivity contribution is -0.136. The van der Waals surface area contributed by atoms with Crippen molar-refractivity contribution in [1.29, 1.82) is 5.26 Å². The SMILES string of the molecule is CCCCNC(=O)/C(C#N)=C/c1ccc(OC(=O)COc2ccc(C(C)C)c(C)c2)cc1. The molecule has 0 atom stereocenters. The number of hydrogen-bond acceptors (Lipinski definition) is 5. The highest BCUT2D eigenvalue weighted by Crippen LogP contribution is 2.23. The summed E-state index contributed by atoms with van der Waals surface area (Å²) in [4.78, 5) is 24.2. The smallest absolute Gasteiger partial charge is 0.349 e. The maximum atomic E-state index is 12.1. The van der Waals surface area contributed by atoms with Crippen molar-refractivity contribution >= 4 is 18.0 Å². The van der Waals surface area contributed by atoms with Crippen LogP contribution in [0.15, 0.2) is 48.0 Å². The Morgan fingerprint density at radius 3 is 2.41 bits per heavy atom. The fourth-order valence-electron chi connectivity index (χ4n) is 3.11. The first-order valence-electron chi connectivity index (χ1n) is 10.8. The monoisotopic (exact) mass is 434 g/mol. The molecule has 168 valence electrons. The standard InChI is InChI=1S/C26H30N2O4/c1-5-6-13-28-26(30)21(16-27)15-20-7-9-22(10-8-20)32-25(29)17-31-23-11-12-24(18(2)3)19(4)14-23/h7-12,14-15,18H,5-6,13,17H2,1-4H3,(H,28,30)/b21-15+. The third kappa shape index (κ3) is 7.59. The van der Waals surface area contributed by atoms with Crippen molar-refractivity contribution in [2.45, 2.75) is 46.5 Å². The summed E-state index contributed by atoms with van der Waals surface area (Å²) >= 11 is 0. The van der Waals surface area contributed by atoms with Gasteiger partial charge in [-0.2, -0.15) is 5.26 Å². The van der Waals surface area contributed by atoms with Crippen LogP contribution < -0.4 is 14.8 Å². The summed E-state index contributed by atoms with van der Waals surface area (Å²) in [6.45, 7) is 8.63. The van der Waals surface area contributed by atoms with Crippen LogP contribution in [0.25, 0.3) is 6.08 Å². The summed E-state index contributed by atoms with van der Waals surface area (Å²) < 4.78 is 10.8. The van der Waals surface area contributed by atoms with Gasteiger partial charge in [-0.05, 0) is 66.3 Å². The summed E-state index contributed by atoms with van der Waals surface area (Å²) in [5.41, 5.74) is 3.04. The maximum Gasteiger partial charge on any atom is 0.349 e. The molecule has 0 fully saturated rings. The van der Waals surface area contributed by atoms with Crippen molar-refractivity contribution in [2.24, 2.45) is 0 Å². The second kappa shape index (κ2) is 12.3. The fraction of sp³-hybridized carbons (Fsp3) is 0.346. The van der Waals surface area contributed by atoms with E-state index in [2.05, 4.69) is 19.2 Å². The van der Waals surface area contributed by atoms with Gasteiger partial charge >= 0.3 is 5.97 Å². The molecule has 1 N–H and O–H groups in total. The van der Waals surface area contributed by atoms with Gasteiger partial charge in [0.15, 0.2) is 6.61 Å². The van der Waals surface area contributed by atoms with Crippen LogP contribution in [0, 0.1) is 18.3 Å². The Morgan fingerprint density at radius 2 is 1.81 bits per heavy atom. The van der Waals surface area contributed by atoms with Gasteiger partial charge in [0, 0.05) is 6.54 Å². The number of aryl methyl sites for hydroxylation is 1.